The average Bonchev–Trinajstić information content (AvgIpc) is 2.37. The number of nitrogens with one attached hydrogen (secondary N) is 2. The number of hydrogen-bond acceptors (Lipinski definition) is 3. The van der Waals surface area contributed by atoms with Crippen LogP contribution in [0.4, 0.5) is 5.69 Å². The average molecular weight is 280 g/mol. The Morgan fingerprint density at radius 3 is 2.32 bits per heavy atom. The standard InChI is InChI=1S/C14H20N2O2S/c1-5-11-15-19(17,18)13-9-7-12(8-10-13)16-14(3,4)6-2/h2,7-10,15-16H,5,11H2,1,3-4H3. The first-order chi connectivity index (χ1) is 8.80. The second kappa shape index (κ2) is 6.09. The van der Waals surface area contributed by atoms with Gasteiger partial charge in [0.2, 0.25) is 10.0 Å². The van der Waals surface area contributed by atoms with Gasteiger partial charge in [-0.3, -0.25) is 0 Å². The zero-order valence-electron chi connectivity index (χ0n) is 11.5. The van der Waals surface area contributed by atoms with Gasteiger partial charge in [0.25, 0.3) is 0 Å². The van der Waals surface area contributed by atoms with Crippen molar-refractivity contribution in [2.45, 2.75) is 37.6 Å². The molecule has 2 N–H and O–H groups in total. The number of hydrogen-bond donors (Lipinski definition) is 2. The van der Waals surface area contributed by atoms with Crippen molar-refractivity contribution < 1.29 is 8.42 Å². The number of sulfonamides is 1. The highest BCUT2D eigenvalue weighted by Crippen LogP contribution is 2.17. The third-order valence-corrected chi connectivity index (χ3v) is 4.00. The minimum atomic E-state index is -3.41. The molecule has 0 spiro atoms. The van der Waals surface area contributed by atoms with Crippen LogP contribution in [-0.2, 0) is 10.0 Å². The lowest BCUT2D eigenvalue weighted by Crippen LogP contribution is -2.28. The zero-order valence-corrected chi connectivity index (χ0v) is 12.3. The van der Waals surface area contributed by atoms with E-state index in [-0.39, 0.29) is 4.90 Å². The molecule has 0 aliphatic rings. The summed E-state index contributed by atoms with van der Waals surface area (Å²) in [6.07, 6.45) is 6.15. The summed E-state index contributed by atoms with van der Waals surface area (Å²) in [5.41, 5.74) is 0.318. The number of rotatable bonds is 6. The number of benzene rings is 1. The van der Waals surface area contributed by atoms with Crippen molar-refractivity contribution in [1.82, 2.24) is 4.72 Å². The van der Waals surface area contributed by atoms with Crippen molar-refractivity contribution in [3.63, 3.8) is 0 Å². The van der Waals surface area contributed by atoms with Crippen molar-refractivity contribution in [2.24, 2.45) is 0 Å². The highest BCUT2D eigenvalue weighted by Gasteiger charge is 2.15. The van der Waals surface area contributed by atoms with Gasteiger partial charge in [0.15, 0.2) is 0 Å². The van der Waals surface area contributed by atoms with E-state index < -0.39 is 15.6 Å². The Balaban J connectivity index is 2.86. The quantitative estimate of drug-likeness (QED) is 0.785. The SMILES string of the molecule is C#CC(C)(C)Nc1ccc(S(=O)(=O)NCCC)cc1. The van der Waals surface area contributed by atoms with E-state index in [1.807, 2.05) is 20.8 Å². The lowest BCUT2D eigenvalue weighted by Gasteiger charge is -2.21. The van der Waals surface area contributed by atoms with Gasteiger partial charge in [-0.25, -0.2) is 13.1 Å². The van der Waals surface area contributed by atoms with Crippen LogP contribution in [0, 0.1) is 12.3 Å². The normalized spacial score (nSPS) is 11.9. The summed E-state index contributed by atoms with van der Waals surface area (Å²) < 4.78 is 26.3. The van der Waals surface area contributed by atoms with Crippen molar-refractivity contribution in [2.75, 3.05) is 11.9 Å². The molecule has 104 valence electrons. The van der Waals surface area contributed by atoms with E-state index in [0.717, 1.165) is 12.1 Å². The van der Waals surface area contributed by atoms with Gasteiger partial charge in [0.05, 0.1) is 10.4 Å². The molecule has 0 heterocycles. The molecule has 0 atom stereocenters. The van der Waals surface area contributed by atoms with Gasteiger partial charge in [-0.1, -0.05) is 12.8 Å². The molecule has 1 aromatic rings. The molecule has 0 aliphatic carbocycles. The van der Waals surface area contributed by atoms with Crippen LogP contribution in [0.5, 0.6) is 0 Å². The molecule has 0 radical (unpaired) electrons. The molecule has 1 aromatic carbocycles. The molecule has 5 heteroatoms. The highest BCUT2D eigenvalue weighted by atomic mass is 32.2. The first-order valence-corrected chi connectivity index (χ1v) is 7.65. The minimum absolute atomic E-state index is 0.255. The van der Waals surface area contributed by atoms with E-state index in [1.165, 1.54) is 0 Å². The topological polar surface area (TPSA) is 58.2 Å². The fraction of sp³-hybridized carbons (Fsp3) is 0.429. The molecule has 0 saturated heterocycles. The maximum absolute atomic E-state index is 11.9. The van der Waals surface area contributed by atoms with Crippen LogP contribution in [-0.4, -0.2) is 20.5 Å². The largest absolute Gasteiger partial charge is 0.370 e. The van der Waals surface area contributed by atoms with Crippen LogP contribution >= 0.6 is 0 Å². The van der Waals surface area contributed by atoms with Crippen LogP contribution < -0.4 is 10.0 Å². The van der Waals surface area contributed by atoms with Crippen LogP contribution in [0.2, 0.25) is 0 Å². The van der Waals surface area contributed by atoms with Crippen molar-refractivity contribution in [1.29, 1.82) is 0 Å². The summed E-state index contributed by atoms with van der Waals surface area (Å²) in [5.74, 6) is 2.62. The van der Waals surface area contributed by atoms with Gasteiger partial charge in [-0.15, -0.1) is 6.42 Å². The van der Waals surface area contributed by atoms with Crippen LogP contribution in [0.1, 0.15) is 27.2 Å². The van der Waals surface area contributed by atoms with Gasteiger partial charge in [0.1, 0.15) is 0 Å². The van der Waals surface area contributed by atoms with Crippen LogP contribution in [0.3, 0.4) is 0 Å². The molecule has 1 rings (SSSR count). The Kier molecular flexibility index (Phi) is 4.98. The van der Waals surface area contributed by atoms with Crippen molar-refractivity contribution >= 4 is 15.7 Å². The number of terminal acetylenes is 1. The van der Waals surface area contributed by atoms with E-state index in [4.69, 9.17) is 6.42 Å². The minimum Gasteiger partial charge on any atom is -0.370 e. The maximum atomic E-state index is 11.9. The Hall–Kier alpha value is -1.51. The molecule has 0 aliphatic heterocycles. The second-order valence-corrected chi connectivity index (χ2v) is 6.58. The number of anilines is 1. The second-order valence-electron chi connectivity index (χ2n) is 4.82. The molecule has 0 saturated carbocycles. The molecular weight excluding hydrogens is 260 g/mol. The van der Waals surface area contributed by atoms with E-state index in [1.54, 1.807) is 24.3 Å². The molecular formula is C14H20N2O2S. The summed E-state index contributed by atoms with van der Waals surface area (Å²) in [5, 5.41) is 3.14. The first-order valence-electron chi connectivity index (χ1n) is 6.16. The molecule has 19 heavy (non-hydrogen) atoms. The van der Waals surface area contributed by atoms with Gasteiger partial charge in [-0.2, -0.15) is 0 Å². The van der Waals surface area contributed by atoms with Crippen molar-refractivity contribution in [3.05, 3.63) is 24.3 Å². The summed E-state index contributed by atoms with van der Waals surface area (Å²) in [6.45, 7) is 6.10. The fourth-order valence-electron chi connectivity index (χ4n) is 1.43. The van der Waals surface area contributed by atoms with Crippen LogP contribution in [0.25, 0.3) is 0 Å². The third-order valence-electron chi connectivity index (χ3n) is 2.52. The lowest BCUT2D eigenvalue weighted by atomic mass is 10.1. The molecule has 0 aromatic heterocycles. The Bertz CT molecular complexity index is 554. The van der Waals surface area contributed by atoms with Gasteiger partial charge < -0.3 is 5.32 Å². The smallest absolute Gasteiger partial charge is 0.240 e. The fourth-order valence-corrected chi connectivity index (χ4v) is 2.57. The van der Waals surface area contributed by atoms with E-state index in [2.05, 4.69) is 16.0 Å². The van der Waals surface area contributed by atoms with Gasteiger partial charge in [-0.05, 0) is 44.5 Å². The van der Waals surface area contributed by atoms with Gasteiger partial charge in [0, 0.05) is 12.2 Å². The Morgan fingerprint density at radius 1 is 1.26 bits per heavy atom. The lowest BCUT2D eigenvalue weighted by molar-refractivity contribution is 0.581. The Labute approximate surface area is 115 Å². The first kappa shape index (κ1) is 15.5. The van der Waals surface area contributed by atoms with Crippen LogP contribution in [0.15, 0.2) is 29.2 Å². The molecule has 4 nitrogen and oxygen atoms in total. The monoisotopic (exact) mass is 280 g/mol. The third kappa shape index (κ3) is 4.58. The molecule has 0 fully saturated rings. The predicted octanol–water partition coefficient (Wildman–Crippen LogP) is 2.20. The summed E-state index contributed by atoms with van der Waals surface area (Å²) in [7, 11) is -3.41. The molecule has 0 amide bonds. The maximum Gasteiger partial charge on any atom is 0.240 e. The van der Waals surface area contributed by atoms with E-state index in [9.17, 15) is 8.42 Å². The molecule has 0 bridgehead atoms. The van der Waals surface area contributed by atoms with Gasteiger partial charge >= 0.3 is 0 Å². The molecule has 0 unspecified atom stereocenters. The van der Waals surface area contributed by atoms with E-state index >= 15 is 0 Å². The summed E-state index contributed by atoms with van der Waals surface area (Å²) in [6, 6.07) is 6.54. The Morgan fingerprint density at radius 2 is 1.84 bits per heavy atom. The van der Waals surface area contributed by atoms with Crippen molar-refractivity contribution in [3.8, 4) is 12.3 Å². The summed E-state index contributed by atoms with van der Waals surface area (Å²) >= 11 is 0. The van der Waals surface area contributed by atoms with E-state index in [0.29, 0.717) is 6.54 Å². The summed E-state index contributed by atoms with van der Waals surface area (Å²) in [4.78, 5) is 0.255. The highest BCUT2D eigenvalue weighted by molar-refractivity contribution is 7.89. The predicted molar refractivity (Wildman–Crippen MR) is 78.5 cm³/mol. The zero-order chi connectivity index (χ0) is 14.5.